The van der Waals surface area contributed by atoms with Crippen LogP contribution in [0.5, 0.6) is 0 Å². The van der Waals surface area contributed by atoms with Gasteiger partial charge in [-0.1, -0.05) is 29.8 Å². The normalized spacial score (nSPS) is 10.5. The average molecular weight is 243 g/mol. The highest BCUT2D eigenvalue weighted by Gasteiger charge is 2.15. The summed E-state index contributed by atoms with van der Waals surface area (Å²) in [7, 11) is 0. The minimum Gasteiger partial charge on any atom is -0.206 e. The molecule has 16 heavy (non-hydrogen) atoms. The van der Waals surface area contributed by atoms with Crippen LogP contribution < -0.4 is 0 Å². The molecule has 0 nitrogen and oxygen atoms in total. The van der Waals surface area contributed by atoms with E-state index in [1.165, 1.54) is 18.2 Å². The third-order valence-corrected chi connectivity index (χ3v) is 2.37. The molecule has 0 aromatic heterocycles. The van der Waals surface area contributed by atoms with Crippen molar-refractivity contribution in [3.8, 4) is 11.1 Å². The van der Waals surface area contributed by atoms with E-state index in [-0.39, 0.29) is 10.6 Å². The molecule has 0 heterocycles. The van der Waals surface area contributed by atoms with E-state index in [9.17, 15) is 13.2 Å². The van der Waals surface area contributed by atoms with Crippen molar-refractivity contribution < 1.29 is 13.2 Å². The average Bonchev–Trinajstić information content (AvgIpc) is 2.19. The lowest BCUT2D eigenvalue weighted by molar-refractivity contribution is 0.582. The van der Waals surface area contributed by atoms with E-state index in [1.807, 2.05) is 0 Å². The smallest absolute Gasteiger partial charge is 0.135 e. The molecular weight excluding hydrogens is 237 g/mol. The monoisotopic (exact) mass is 242 g/mol. The fourth-order valence-corrected chi connectivity index (χ4v) is 1.66. The number of hydrogen-bond acceptors (Lipinski definition) is 0. The molecule has 0 aliphatic carbocycles. The summed E-state index contributed by atoms with van der Waals surface area (Å²) in [6.45, 7) is 0. The maximum absolute atomic E-state index is 13.5. The lowest BCUT2D eigenvalue weighted by atomic mass is 10.0. The third kappa shape index (κ3) is 1.91. The first-order valence-electron chi connectivity index (χ1n) is 4.49. The molecule has 2 rings (SSSR count). The Hall–Kier alpha value is -1.48. The second kappa shape index (κ2) is 4.18. The van der Waals surface area contributed by atoms with Gasteiger partial charge in [-0.15, -0.1) is 0 Å². The van der Waals surface area contributed by atoms with E-state index in [1.54, 1.807) is 0 Å². The van der Waals surface area contributed by atoms with Crippen molar-refractivity contribution in [2.24, 2.45) is 0 Å². The van der Waals surface area contributed by atoms with E-state index in [0.717, 1.165) is 18.2 Å². The molecule has 0 saturated heterocycles. The van der Waals surface area contributed by atoms with Gasteiger partial charge in [0.2, 0.25) is 0 Å². The van der Waals surface area contributed by atoms with Gasteiger partial charge in [-0.05, 0) is 18.2 Å². The second-order valence-electron chi connectivity index (χ2n) is 3.22. The molecule has 0 saturated carbocycles. The van der Waals surface area contributed by atoms with Crippen LogP contribution in [0.2, 0.25) is 5.02 Å². The van der Waals surface area contributed by atoms with E-state index < -0.39 is 23.0 Å². The maximum Gasteiger partial charge on any atom is 0.135 e. The molecule has 2 aromatic rings. The van der Waals surface area contributed by atoms with Crippen molar-refractivity contribution in [1.29, 1.82) is 0 Å². The predicted molar refractivity (Wildman–Crippen MR) is 56.8 cm³/mol. The van der Waals surface area contributed by atoms with Crippen molar-refractivity contribution >= 4 is 11.6 Å². The van der Waals surface area contributed by atoms with Crippen LogP contribution in [0.3, 0.4) is 0 Å². The van der Waals surface area contributed by atoms with Crippen LogP contribution in [0.1, 0.15) is 0 Å². The van der Waals surface area contributed by atoms with Crippen LogP contribution in [-0.4, -0.2) is 0 Å². The summed E-state index contributed by atoms with van der Waals surface area (Å²) in [5.41, 5.74) is -0.517. The molecule has 0 atom stereocenters. The summed E-state index contributed by atoms with van der Waals surface area (Å²) < 4.78 is 40.3. The first-order chi connectivity index (χ1) is 7.59. The van der Waals surface area contributed by atoms with Gasteiger partial charge in [0.05, 0.1) is 5.56 Å². The maximum atomic E-state index is 13.5. The van der Waals surface area contributed by atoms with Crippen LogP contribution in [-0.2, 0) is 0 Å². The van der Waals surface area contributed by atoms with Gasteiger partial charge in [0.1, 0.15) is 17.5 Å². The zero-order valence-corrected chi connectivity index (χ0v) is 8.73. The summed E-state index contributed by atoms with van der Waals surface area (Å²) in [6, 6.07) is 7.31. The van der Waals surface area contributed by atoms with Gasteiger partial charge in [0, 0.05) is 10.6 Å². The summed E-state index contributed by atoms with van der Waals surface area (Å²) in [5, 5.41) is -0.0601. The highest BCUT2D eigenvalue weighted by molar-refractivity contribution is 6.30. The van der Waals surface area contributed by atoms with Crippen molar-refractivity contribution in [3.05, 3.63) is 58.9 Å². The lowest BCUT2D eigenvalue weighted by Crippen LogP contribution is -1.93. The number of rotatable bonds is 1. The van der Waals surface area contributed by atoms with Gasteiger partial charge in [-0.25, -0.2) is 13.2 Å². The van der Waals surface area contributed by atoms with Crippen molar-refractivity contribution in [3.63, 3.8) is 0 Å². The Morgan fingerprint density at radius 3 is 1.94 bits per heavy atom. The molecule has 0 unspecified atom stereocenters. The molecule has 0 aliphatic rings. The van der Waals surface area contributed by atoms with E-state index in [2.05, 4.69) is 0 Å². The van der Waals surface area contributed by atoms with E-state index in [0.29, 0.717) is 0 Å². The zero-order chi connectivity index (χ0) is 11.7. The minimum absolute atomic E-state index is 0.0601. The summed E-state index contributed by atoms with van der Waals surface area (Å²) in [6.07, 6.45) is 0. The quantitative estimate of drug-likeness (QED) is 0.694. The Kier molecular flexibility index (Phi) is 2.88. The Morgan fingerprint density at radius 2 is 1.38 bits per heavy atom. The fourth-order valence-electron chi connectivity index (χ4n) is 1.46. The highest BCUT2D eigenvalue weighted by Crippen LogP contribution is 2.30. The van der Waals surface area contributed by atoms with E-state index >= 15 is 0 Å². The molecular formula is C12H6ClF3. The molecule has 0 aliphatic heterocycles. The largest absolute Gasteiger partial charge is 0.206 e. The summed E-state index contributed by atoms with van der Waals surface area (Å²) in [4.78, 5) is 0. The standard InChI is InChI=1S/C12H6ClF3/c13-7-5-10(15)12(11(16)6-7)8-3-1-2-4-9(8)14/h1-6H. The fraction of sp³-hybridized carbons (Fsp3) is 0. The van der Waals surface area contributed by atoms with Crippen LogP contribution in [0.25, 0.3) is 11.1 Å². The summed E-state index contributed by atoms with van der Waals surface area (Å²) in [5.74, 6) is -2.44. The summed E-state index contributed by atoms with van der Waals surface area (Å²) >= 11 is 5.48. The molecule has 0 radical (unpaired) electrons. The topological polar surface area (TPSA) is 0 Å². The molecule has 82 valence electrons. The molecule has 0 N–H and O–H groups in total. The van der Waals surface area contributed by atoms with Crippen molar-refractivity contribution in [1.82, 2.24) is 0 Å². The van der Waals surface area contributed by atoms with Crippen LogP contribution in [0.4, 0.5) is 13.2 Å². The molecule has 0 spiro atoms. The molecule has 2 aromatic carbocycles. The Bertz CT molecular complexity index is 515. The minimum atomic E-state index is -0.880. The SMILES string of the molecule is Fc1ccccc1-c1c(F)cc(Cl)cc1F. The lowest BCUT2D eigenvalue weighted by Gasteiger charge is -2.06. The molecule has 0 amide bonds. The van der Waals surface area contributed by atoms with Crippen molar-refractivity contribution in [2.75, 3.05) is 0 Å². The third-order valence-electron chi connectivity index (χ3n) is 2.15. The first-order valence-corrected chi connectivity index (χ1v) is 4.87. The van der Waals surface area contributed by atoms with E-state index in [4.69, 9.17) is 11.6 Å². The highest BCUT2D eigenvalue weighted by atomic mass is 35.5. The van der Waals surface area contributed by atoms with Crippen LogP contribution in [0, 0.1) is 17.5 Å². The van der Waals surface area contributed by atoms with Gasteiger partial charge < -0.3 is 0 Å². The van der Waals surface area contributed by atoms with Gasteiger partial charge in [-0.2, -0.15) is 0 Å². The predicted octanol–water partition coefficient (Wildman–Crippen LogP) is 4.42. The van der Waals surface area contributed by atoms with Crippen LogP contribution in [0.15, 0.2) is 36.4 Å². The van der Waals surface area contributed by atoms with Gasteiger partial charge in [0.25, 0.3) is 0 Å². The first kappa shape index (κ1) is 11.0. The van der Waals surface area contributed by atoms with Crippen molar-refractivity contribution in [2.45, 2.75) is 0 Å². The molecule has 0 fully saturated rings. The van der Waals surface area contributed by atoms with Gasteiger partial charge in [0.15, 0.2) is 0 Å². The number of hydrogen-bond donors (Lipinski definition) is 0. The van der Waals surface area contributed by atoms with Gasteiger partial charge >= 0.3 is 0 Å². The Balaban J connectivity index is 2.70. The Labute approximate surface area is 95.3 Å². The second-order valence-corrected chi connectivity index (χ2v) is 3.66. The molecule has 4 heteroatoms. The Morgan fingerprint density at radius 1 is 0.812 bits per heavy atom. The zero-order valence-electron chi connectivity index (χ0n) is 7.98. The number of halogens is 4. The molecule has 0 bridgehead atoms. The number of benzene rings is 2. The van der Waals surface area contributed by atoms with Gasteiger partial charge in [-0.3, -0.25) is 0 Å². The van der Waals surface area contributed by atoms with Crippen LogP contribution >= 0.6 is 11.6 Å².